The van der Waals surface area contributed by atoms with Crippen LogP contribution in [0.15, 0.2) is 77.7 Å². The molecule has 0 radical (unpaired) electrons. The van der Waals surface area contributed by atoms with Crippen molar-refractivity contribution < 1.29 is 150 Å². The predicted molar refractivity (Wildman–Crippen MR) is 231 cm³/mol. The molecule has 65 heavy (non-hydrogen) atoms. The molecule has 3 aromatic rings. The van der Waals surface area contributed by atoms with E-state index in [1.165, 1.54) is 86.7 Å². The van der Waals surface area contributed by atoms with Crippen LogP contribution in [0.5, 0.6) is 17.2 Å². The molecule has 0 spiro atoms. The van der Waals surface area contributed by atoms with Crippen molar-refractivity contribution in [1.29, 1.82) is 0 Å². The third-order valence-corrected chi connectivity index (χ3v) is 9.94. The zero-order valence-electron chi connectivity index (χ0n) is 40.4. The summed E-state index contributed by atoms with van der Waals surface area (Å²) >= 11 is 0. The van der Waals surface area contributed by atoms with Gasteiger partial charge in [0.25, 0.3) is 0 Å². The van der Waals surface area contributed by atoms with Crippen molar-refractivity contribution in [3.8, 4) is 17.2 Å². The van der Waals surface area contributed by atoms with Crippen LogP contribution in [0.3, 0.4) is 0 Å². The first-order valence-corrected chi connectivity index (χ1v) is 22.8. The Kier molecular flexibility index (Phi) is 38.1. The Morgan fingerprint density at radius 2 is 1.03 bits per heavy atom. The van der Waals surface area contributed by atoms with Crippen molar-refractivity contribution in [3.05, 3.63) is 83.9 Å². The fraction of sp³-hybridized carbons (Fsp3) is 0.521. The third-order valence-electron chi connectivity index (χ3n) is 9.09. The Labute approximate surface area is 453 Å². The first-order valence-electron chi connectivity index (χ1n) is 21.4. The summed E-state index contributed by atoms with van der Waals surface area (Å²) in [5, 5.41) is 21.3. The minimum atomic E-state index is -4.47. The second-order valence-electron chi connectivity index (χ2n) is 16.9. The molecule has 0 saturated carbocycles. The van der Waals surface area contributed by atoms with Crippen LogP contribution in [-0.4, -0.2) is 42.8 Å². The summed E-state index contributed by atoms with van der Waals surface area (Å²) in [4.78, 5) is 56.0. The van der Waals surface area contributed by atoms with Crippen molar-refractivity contribution in [2.75, 3.05) is 0 Å². The Balaban J connectivity index is -0.000000868. The monoisotopic (exact) mass is 950 g/mol. The molecular weight excluding hydrogens is 886 g/mol. The number of carboxylic acids is 2. The first kappa shape index (κ1) is 67.2. The number of hydrogen-bond donors (Lipinski definition) is 0. The Morgan fingerprint density at radius 3 is 1.49 bits per heavy atom. The molecule has 0 fully saturated rings. The van der Waals surface area contributed by atoms with Crippen LogP contribution >= 0.6 is 0 Å². The van der Waals surface area contributed by atoms with Crippen LogP contribution in [0.2, 0.25) is 0 Å². The number of ether oxygens (including phenoxy) is 3. The minimum Gasteiger partial charge on any atom is -0.744 e. The molecule has 1 atom stereocenters. The maximum Gasteiger partial charge on any atom is 1.00 e. The maximum atomic E-state index is 11.8. The smallest absolute Gasteiger partial charge is 0.744 e. The van der Waals surface area contributed by atoms with E-state index in [9.17, 15) is 47.2 Å². The number of hydrogen-bond acceptors (Lipinski definition) is 13. The van der Waals surface area contributed by atoms with Crippen LogP contribution in [-0.2, 0) is 24.5 Å². The molecule has 0 aliphatic carbocycles. The van der Waals surface area contributed by atoms with Gasteiger partial charge in [0.05, 0.1) is 16.8 Å². The van der Waals surface area contributed by atoms with Gasteiger partial charge in [-0.3, -0.25) is 14.4 Å². The van der Waals surface area contributed by atoms with Gasteiger partial charge in [-0.1, -0.05) is 118 Å². The topological polar surface area (TPSA) is 216 Å². The summed E-state index contributed by atoms with van der Waals surface area (Å²) in [7, 11) is -4.47. The van der Waals surface area contributed by atoms with Gasteiger partial charge in [0, 0.05) is 24.8 Å². The molecule has 0 amide bonds. The predicted octanol–water partition coefficient (Wildman–Crippen LogP) is -0.371. The van der Waals surface area contributed by atoms with E-state index in [1.54, 1.807) is 6.07 Å². The normalized spacial score (nSPS) is 11.0. The van der Waals surface area contributed by atoms with Crippen molar-refractivity contribution >= 4 is 40.0 Å². The number of carbonyl (C=O) groups is 5. The van der Waals surface area contributed by atoms with Gasteiger partial charge in [-0.2, -0.15) is 0 Å². The van der Waals surface area contributed by atoms with E-state index in [-0.39, 0.29) is 145 Å². The van der Waals surface area contributed by atoms with Crippen molar-refractivity contribution in [1.82, 2.24) is 0 Å². The quantitative estimate of drug-likeness (QED) is 0.0391. The standard InChI is InChI=1S/C16H24O5S.2C16H22O4.3Na/c1-2-3-4-5-6-7-8-9-16(17)21-14-10-12-15(13-11-14)22(18,19)20;1-11(10-16(2,3)4)9-14(17)20-13-7-5-12(6-8-13)15(18)19;1-12(2)7-4-3-5-10-15(17)20-14-9-6-8-13(11-14)16(18)19;;;/h10-13H,2-9H2,1H3,(H,18,19,20);5-8,11H,9-10H2,1-4H3,(H,18,19);6,8-9,11-12H,3-5,7,10H2,1-2H3,(H,18,19);;;/q;;;3*+1/p-3. The first-order chi connectivity index (χ1) is 29.1. The molecule has 1 unspecified atom stereocenters. The molecule has 3 rings (SSSR count). The number of rotatable bonds is 23. The molecule has 0 heterocycles. The number of esters is 3. The summed E-state index contributed by atoms with van der Waals surface area (Å²) in [6.45, 7) is 15.0. The summed E-state index contributed by atoms with van der Waals surface area (Å²) in [6.07, 6.45) is 13.9. The largest absolute Gasteiger partial charge is 1.00 e. The number of benzene rings is 3. The van der Waals surface area contributed by atoms with Gasteiger partial charge in [0.1, 0.15) is 27.4 Å². The number of carboxylic acid groups (broad SMARTS) is 2. The third kappa shape index (κ3) is 34.8. The number of carbonyl (C=O) groups excluding carboxylic acids is 5. The second-order valence-corrected chi connectivity index (χ2v) is 18.3. The fourth-order valence-corrected chi connectivity index (χ4v) is 6.65. The molecule has 3 aromatic carbocycles. The maximum absolute atomic E-state index is 11.8. The van der Waals surface area contributed by atoms with Crippen LogP contribution in [0.4, 0.5) is 0 Å². The molecular formula is C48H65Na3O13S. The summed E-state index contributed by atoms with van der Waals surface area (Å²) in [5.41, 5.74) is 0.244. The molecule has 0 saturated heterocycles. The molecule has 17 heteroatoms. The van der Waals surface area contributed by atoms with Crippen molar-refractivity contribution in [2.24, 2.45) is 17.3 Å². The summed E-state index contributed by atoms with van der Waals surface area (Å²) in [5.74, 6) is -1.72. The van der Waals surface area contributed by atoms with Crippen molar-refractivity contribution in [2.45, 2.75) is 150 Å². The van der Waals surface area contributed by atoms with Gasteiger partial charge in [0.15, 0.2) is 0 Å². The van der Waals surface area contributed by atoms with Gasteiger partial charge >= 0.3 is 107 Å². The van der Waals surface area contributed by atoms with E-state index in [0.717, 1.165) is 57.1 Å². The van der Waals surface area contributed by atoms with E-state index >= 15 is 0 Å². The van der Waals surface area contributed by atoms with Gasteiger partial charge in [-0.25, -0.2) is 8.42 Å². The molecule has 0 bridgehead atoms. The molecule has 13 nitrogen and oxygen atoms in total. The molecule has 0 aliphatic rings. The molecule has 344 valence electrons. The average molecular weight is 951 g/mol. The van der Waals surface area contributed by atoms with E-state index in [0.29, 0.717) is 30.9 Å². The Bertz CT molecular complexity index is 1930. The van der Waals surface area contributed by atoms with Crippen LogP contribution < -0.4 is 113 Å². The zero-order valence-corrected chi connectivity index (χ0v) is 47.2. The van der Waals surface area contributed by atoms with Crippen LogP contribution in [0.1, 0.15) is 165 Å². The molecule has 0 aromatic heterocycles. The average Bonchev–Trinajstić information content (AvgIpc) is 3.17. The van der Waals surface area contributed by atoms with Crippen molar-refractivity contribution in [3.63, 3.8) is 0 Å². The van der Waals surface area contributed by atoms with Gasteiger partial charge in [0.2, 0.25) is 0 Å². The Morgan fingerprint density at radius 1 is 0.585 bits per heavy atom. The zero-order chi connectivity index (χ0) is 46.7. The van der Waals surface area contributed by atoms with Crippen LogP contribution in [0, 0.1) is 17.3 Å². The van der Waals surface area contributed by atoms with Gasteiger partial charge < -0.3 is 38.6 Å². The number of aromatic carboxylic acids is 2. The SMILES string of the molecule is CC(C)CCCCCC(=O)Oc1cccc(C(=O)[O-])c1.CC(CC(=O)Oc1ccc(C(=O)[O-])cc1)CC(C)(C)C.CCCCCCCCCC(=O)Oc1ccc(S(=O)(=O)[O-])cc1.[Na+].[Na+].[Na+]. The summed E-state index contributed by atoms with van der Waals surface area (Å²) < 4.78 is 47.7. The molecule has 0 N–H and O–H groups in total. The Hall–Kier alpha value is -2.08. The van der Waals surface area contributed by atoms with Gasteiger partial charge in [-0.05, 0) is 103 Å². The van der Waals surface area contributed by atoms with Crippen LogP contribution in [0.25, 0.3) is 0 Å². The van der Waals surface area contributed by atoms with E-state index in [4.69, 9.17) is 14.2 Å². The number of unbranched alkanes of at least 4 members (excludes halogenated alkanes) is 8. The summed E-state index contributed by atoms with van der Waals surface area (Å²) in [6, 6.07) is 16.3. The van der Waals surface area contributed by atoms with E-state index in [1.807, 2.05) is 6.92 Å². The van der Waals surface area contributed by atoms with E-state index in [2.05, 4.69) is 41.5 Å². The fourth-order valence-electron chi connectivity index (χ4n) is 6.19. The van der Waals surface area contributed by atoms with Gasteiger partial charge in [-0.15, -0.1) is 0 Å². The van der Waals surface area contributed by atoms with E-state index < -0.39 is 22.1 Å². The molecule has 0 aliphatic heterocycles. The minimum absolute atomic E-state index is 0. The second kappa shape index (κ2) is 36.9.